The largest absolute Gasteiger partial charge is 0.367 e. The fourth-order valence-electron chi connectivity index (χ4n) is 3.28. The van der Waals surface area contributed by atoms with Gasteiger partial charge in [-0.1, -0.05) is 54.6 Å². The van der Waals surface area contributed by atoms with E-state index in [4.69, 9.17) is 0 Å². The molecule has 0 amide bonds. The summed E-state index contributed by atoms with van der Waals surface area (Å²) in [5, 5.41) is 12.0. The van der Waals surface area contributed by atoms with Gasteiger partial charge in [-0.3, -0.25) is 4.90 Å². The fourth-order valence-corrected chi connectivity index (χ4v) is 3.28. The van der Waals surface area contributed by atoms with E-state index in [0.29, 0.717) is 0 Å². The predicted molar refractivity (Wildman–Crippen MR) is 116 cm³/mol. The van der Waals surface area contributed by atoms with Gasteiger partial charge in [0.1, 0.15) is 5.82 Å². The van der Waals surface area contributed by atoms with Gasteiger partial charge < -0.3 is 5.32 Å². The van der Waals surface area contributed by atoms with Gasteiger partial charge in [0.15, 0.2) is 0 Å². The Kier molecular flexibility index (Phi) is 8.04. The number of fused-ring (bicyclic) bond motifs is 1. The number of halogens is 2. The van der Waals surface area contributed by atoms with Crippen molar-refractivity contribution in [1.82, 2.24) is 15.1 Å². The third-order valence-electron chi connectivity index (χ3n) is 4.68. The molecule has 0 saturated heterocycles. The van der Waals surface area contributed by atoms with Crippen LogP contribution in [0.4, 0.5) is 5.82 Å². The topological polar surface area (TPSA) is 41.0 Å². The lowest BCUT2D eigenvalue weighted by Crippen LogP contribution is -2.34. The average molecular weight is 403 g/mol. The molecule has 1 aromatic heterocycles. The summed E-state index contributed by atoms with van der Waals surface area (Å²) in [7, 11) is 0. The van der Waals surface area contributed by atoms with Gasteiger partial charge in [-0.2, -0.15) is 0 Å². The number of benzene rings is 2. The Morgan fingerprint density at radius 2 is 1.56 bits per heavy atom. The maximum Gasteiger partial charge on any atom is 0.148 e. The smallest absolute Gasteiger partial charge is 0.148 e. The first kappa shape index (κ1) is 21.2. The van der Waals surface area contributed by atoms with E-state index in [9.17, 15) is 0 Å². The molecule has 6 heteroatoms. The van der Waals surface area contributed by atoms with Gasteiger partial charge in [-0.25, -0.2) is 0 Å². The van der Waals surface area contributed by atoms with Crippen molar-refractivity contribution in [2.24, 2.45) is 0 Å². The van der Waals surface area contributed by atoms with E-state index in [1.807, 2.05) is 42.5 Å². The minimum absolute atomic E-state index is 0. The highest BCUT2D eigenvalue weighted by Crippen LogP contribution is 2.18. The highest BCUT2D eigenvalue weighted by Gasteiger charge is 2.14. The van der Waals surface area contributed by atoms with Gasteiger partial charge in [0, 0.05) is 31.7 Å². The molecule has 2 aromatic carbocycles. The molecule has 0 fully saturated rings. The molecule has 0 atom stereocenters. The maximum absolute atomic E-state index is 4.32. The number of hydrogen-bond acceptors (Lipinski definition) is 4. The van der Waals surface area contributed by atoms with E-state index in [1.54, 1.807) is 0 Å². The number of anilines is 1. The zero-order valence-electron chi connectivity index (χ0n) is 15.0. The molecule has 0 spiro atoms. The van der Waals surface area contributed by atoms with Crippen LogP contribution < -0.4 is 5.32 Å². The lowest BCUT2D eigenvalue weighted by molar-refractivity contribution is 0.264. The van der Waals surface area contributed by atoms with Crippen molar-refractivity contribution in [2.75, 3.05) is 25.0 Å². The first-order valence-corrected chi connectivity index (χ1v) is 8.81. The molecule has 0 unspecified atom stereocenters. The van der Waals surface area contributed by atoms with Crippen LogP contribution in [0.3, 0.4) is 0 Å². The van der Waals surface area contributed by atoms with Crippen LogP contribution in [0.15, 0.2) is 66.7 Å². The molecule has 0 saturated carbocycles. The molecule has 4 nitrogen and oxygen atoms in total. The molecule has 4 rings (SSSR count). The van der Waals surface area contributed by atoms with Gasteiger partial charge in [-0.15, -0.1) is 35.0 Å². The van der Waals surface area contributed by atoms with Crippen LogP contribution in [-0.2, 0) is 13.0 Å². The molecule has 0 radical (unpaired) electrons. The second-order valence-electron chi connectivity index (χ2n) is 6.39. The zero-order chi connectivity index (χ0) is 16.9. The molecule has 1 aliphatic heterocycles. The Labute approximate surface area is 172 Å². The predicted octanol–water partition coefficient (Wildman–Crippen LogP) is 4.46. The van der Waals surface area contributed by atoms with Crippen molar-refractivity contribution in [1.29, 1.82) is 0 Å². The number of rotatable bonds is 5. The second kappa shape index (κ2) is 10.3. The molecule has 3 aromatic rings. The van der Waals surface area contributed by atoms with Gasteiger partial charge in [0.25, 0.3) is 0 Å². The molecule has 1 aliphatic rings. The lowest BCUT2D eigenvalue weighted by Gasteiger charge is -2.28. The van der Waals surface area contributed by atoms with Crippen LogP contribution in [0.5, 0.6) is 0 Å². The van der Waals surface area contributed by atoms with Crippen LogP contribution in [0.25, 0.3) is 11.3 Å². The maximum atomic E-state index is 4.32. The molecular weight excluding hydrogens is 379 g/mol. The SMILES string of the molecule is Cl.Cl.c1ccc(-c2ccc(NCCN3CCc4ccccc4C3)nn2)cc1. The van der Waals surface area contributed by atoms with Crippen molar-refractivity contribution >= 4 is 30.6 Å². The minimum atomic E-state index is 0. The summed E-state index contributed by atoms with van der Waals surface area (Å²) < 4.78 is 0. The molecule has 1 N–H and O–H groups in total. The highest BCUT2D eigenvalue weighted by molar-refractivity contribution is 5.85. The molecule has 27 heavy (non-hydrogen) atoms. The molecule has 0 aliphatic carbocycles. The first-order chi connectivity index (χ1) is 12.4. The summed E-state index contributed by atoms with van der Waals surface area (Å²) in [6, 6.07) is 22.9. The summed E-state index contributed by atoms with van der Waals surface area (Å²) in [5.74, 6) is 0.831. The number of nitrogens with zero attached hydrogens (tertiary/aromatic N) is 3. The van der Waals surface area contributed by atoms with Crippen LogP contribution in [-0.4, -0.2) is 34.7 Å². The van der Waals surface area contributed by atoms with Gasteiger partial charge in [0.2, 0.25) is 0 Å². The molecule has 142 valence electrons. The van der Waals surface area contributed by atoms with Crippen LogP contribution >= 0.6 is 24.8 Å². The second-order valence-corrected chi connectivity index (χ2v) is 6.39. The van der Waals surface area contributed by atoms with Gasteiger partial charge in [-0.05, 0) is 29.7 Å². The van der Waals surface area contributed by atoms with E-state index in [0.717, 1.165) is 49.7 Å². The van der Waals surface area contributed by atoms with Gasteiger partial charge in [0.05, 0.1) is 5.69 Å². The lowest BCUT2D eigenvalue weighted by atomic mass is 10.00. The van der Waals surface area contributed by atoms with E-state index >= 15 is 0 Å². The Morgan fingerprint density at radius 3 is 2.30 bits per heavy atom. The first-order valence-electron chi connectivity index (χ1n) is 8.81. The molecule has 0 bridgehead atoms. The van der Waals surface area contributed by atoms with Crippen molar-refractivity contribution < 1.29 is 0 Å². The van der Waals surface area contributed by atoms with Gasteiger partial charge >= 0.3 is 0 Å². The van der Waals surface area contributed by atoms with E-state index in [2.05, 4.69) is 44.7 Å². The third kappa shape index (κ3) is 5.42. The van der Waals surface area contributed by atoms with Crippen molar-refractivity contribution in [3.8, 4) is 11.3 Å². The Hall–Kier alpha value is -2.14. The van der Waals surface area contributed by atoms with Crippen LogP contribution in [0.1, 0.15) is 11.1 Å². The molecule has 2 heterocycles. The van der Waals surface area contributed by atoms with Crippen molar-refractivity contribution in [3.63, 3.8) is 0 Å². The van der Waals surface area contributed by atoms with E-state index in [-0.39, 0.29) is 24.8 Å². The summed E-state index contributed by atoms with van der Waals surface area (Å²) >= 11 is 0. The molecular formula is C21H24Cl2N4. The number of hydrogen-bond donors (Lipinski definition) is 1. The standard InChI is InChI=1S/C21H22N4.2ClH/c1-2-7-18(8-3-1)20-10-11-21(24-23-20)22-13-15-25-14-12-17-6-4-5-9-19(17)16-25;;/h1-11H,12-16H2,(H,22,24);2*1H. The Bertz CT molecular complexity index is 825. The highest BCUT2D eigenvalue weighted by atomic mass is 35.5. The summed E-state index contributed by atoms with van der Waals surface area (Å²) in [6.07, 6.45) is 1.14. The normalized spacial score (nSPS) is 13.0. The van der Waals surface area contributed by atoms with Crippen molar-refractivity contribution in [2.45, 2.75) is 13.0 Å². The van der Waals surface area contributed by atoms with E-state index in [1.165, 1.54) is 11.1 Å². The van der Waals surface area contributed by atoms with Crippen LogP contribution in [0.2, 0.25) is 0 Å². The quantitative estimate of drug-likeness (QED) is 0.683. The summed E-state index contributed by atoms with van der Waals surface area (Å²) in [4.78, 5) is 2.49. The number of nitrogens with one attached hydrogen (secondary N) is 1. The van der Waals surface area contributed by atoms with E-state index < -0.39 is 0 Å². The Balaban J connectivity index is 0.00000131. The fraction of sp³-hybridized carbons (Fsp3) is 0.238. The summed E-state index contributed by atoms with van der Waals surface area (Å²) in [5.41, 5.74) is 4.95. The third-order valence-corrected chi connectivity index (χ3v) is 4.68. The van der Waals surface area contributed by atoms with Crippen LogP contribution in [0, 0.1) is 0 Å². The average Bonchev–Trinajstić information content (AvgIpc) is 2.69. The Morgan fingerprint density at radius 1 is 0.815 bits per heavy atom. The van der Waals surface area contributed by atoms with Crippen molar-refractivity contribution in [3.05, 3.63) is 77.9 Å². The zero-order valence-corrected chi connectivity index (χ0v) is 16.7. The number of aromatic nitrogens is 2. The minimum Gasteiger partial charge on any atom is -0.367 e. The summed E-state index contributed by atoms with van der Waals surface area (Å²) in [6.45, 7) is 4.05. The monoisotopic (exact) mass is 402 g/mol.